The molecule has 0 saturated heterocycles. The minimum absolute atomic E-state index is 0. The maximum Gasteiger partial charge on any atom is 0 e. The van der Waals surface area contributed by atoms with Crippen LogP contribution in [-0.4, -0.2) is 59.1 Å². The Kier molecular flexibility index (Phi) is 10.9. The fourth-order valence-corrected chi connectivity index (χ4v) is 0.589. The fraction of sp³-hybridized carbons (Fsp3) is 0. The molecule has 0 N–H and O–H groups in total. The van der Waals surface area contributed by atoms with Gasteiger partial charge in [0.25, 0.3) is 0 Å². The average Bonchev–Trinajstić information content (AvgIpc) is 1.90. The summed E-state index contributed by atoms with van der Waals surface area (Å²) in [5.41, 5.74) is 1.17. The summed E-state index contributed by atoms with van der Waals surface area (Å²) in [7, 11) is 0. The third-order valence-electron chi connectivity index (χ3n) is 1.04. The van der Waals surface area contributed by atoms with Crippen LogP contribution in [0.2, 0.25) is 0 Å². The Morgan fingerprint density at radius 2 is 1.50 bits per heavy atom. The molecule has 0 aromatic heterocycles. The third-order valence-corrected chi connectivity index (χ3v) is 1.04. The largest absolute Gasteiger partial charge is 0.0985 e. The van der Waals surface area contributed by atoms with Gasteiger partial charge < -0.3 is 0 Å². The van der Waals surface area contributed by atoms with Crippen molar-refractivity contribution in [3.8, 4) is 0 Å². The van der Waals surface area contributed by atoms with Gasteiger partial charge in [-0.25, -0.2) is 0 Å². The topological polar surface area (TPSA) is 0 Å². The number of hydrogen-bond donors (Lipinski definition) is 0. The van der Waals surface area contributed by atoms with Gasteiger partial charge in [-0.3, -0.25) is 0 Å². The van der Waals surface area contributed by atoms with Crippen LogP contribution in [0.1, 0.15) is 5.56 Å². The molecule has 0 aliphatic rings. The number of benzene rings is 1. The van der Waals surface area contributed by atoms with E-state index in [0.717, 1.165) is 0 Å². The third kappa shape index (κ3) is 4.73. The van der Waals surface area contributed by atoms with Gasteiger partial charge in [0.05, 0.1) is 0 Å². The summed E-state index contributed by atoms with van der Waals surface area (Å²) in [6.45, 7) is 3.63. The zero-order valence-electron chi connectivity index (χ0n) is 6.67. The van der Waals surface area contributed by atoms with E-state index in [1.165, 1.54) is 5.56 Å². The summed E-state index contributed by atoms with van der Waals surface area (Å²) in [6.07, 6.45) is 1.83. The van der Waals surface area contributed by atoms with Crippen LogP contribution in [0.15, 0.2) is 36.9 Å². The predicted molar refractivity (Wildman–Crippen MR) is 48.0 cm³/mol. The van der Waals surface area contributed by atoms with E-state index in [0.29, 0.717) is 0 Å². The zero-order valence-corrected chi connectivity index (χ0v) is 10.7. The second-order valence-corrected chi connectivity index (χ2v) is 1.61. The minimum atomic E-state index is 0. The summed E-state index contributed by atoms with van der Waals surface area (Å²) in [6, 6.07) is 10.0. The molecule has 0 unspecified atom stereocenters. The summed E-state index contributed by atoms with van der Waals surface area (Å²) < 4.78 is 0. The van der Waals surface area contributed by atoms with Crippen molar-refractivity contribution >= 4 is 65.2 Å². The molecule has 0 aliphatic carbocycles. The van der Waals surface area contributed by atoms with Gasteiger partial charge >= 0.3 is 0 Å². The van der Waals surface area contributed by atoms with Gasteiger partial charge in [-0.1, -0.05) is 43.0 Å². The molecule has 10 heavy (non-hydrogen) atoms. The van der Waals surface area contributed by atoms with Gasteiger partial charge in [0.1, 0.15) is 0 Å². The van der Waals surface area contributed by atoms with E-state index < -0.39 is 0 Å². The van der Waals surface area contributed by atoms with Crippen LogP contribution in [0, 0.1) is 0 Å². The molecule has 0 bridgehead atoms. The van der Waals surface area contributed by atoms with Crippen LogP contribution in [-0.2, 0) is 0 Å². The molecule has 0 amide bonds. The van der Waals surface area contributed by atoms with Crippen molar-refractivity contribution in [3.63, 3.8) is 0 Å². The molecule has 42 valence electrons. The van der Waals surface area contributed by atoms with Gasteiger partial charge in [0.15, 0.2) is 0 Å². The standard InChI is InChI=1S/C8H8.2Na/c1-2-8-6-4-3-5-7-8;;/h2-7H,1H2;;. The molecule has 0 aliphatic heterocycles. The Balaban J connectivity index is 0. The predicted octanol–water partition coefficient (Wildman–Crippen LogP) is 1.57. The maximum absolute atomic E-state index is 3.63. The SMILES string of the molecule is C=Cc1ccccc1.[Na].[Na]. The van der Waals surface area contributed by atoms with Crippen molar-refractivity contribution in [2.75, 3.05) is 0 Å². The average molecular weight is 150 g/mol. The first-order valence-electron chi connectivity index (χ1n) is 2.61. The van der Waals surface area contributed by atoms with Gasteiger partial charge in [-0.2, -0.15) is 0 Å². The second-order valence-electron chi connectivity index (χ2n) is 1.61. The summed E-state index contributed by atoms with van der Waals surface area (Å²) in [5.74, 6) is 0. The van der Waals surface area contributed by atoms with Crippen LogP contribution >= 0.6 is 0 Å². The normalized spacial score (nSPS) is 6.80. The van der Waals surface area contributed by atoms with Crippen LogP contribution in [0.5, 0.6) is 0 Å². The van der Waals surface area contributed by atoms with Crippen molar-refractivity contribution in [1.29, 1.82) is 0 Å². The summed E-state index contributed by atoms with van der Waals surface area (Å²) >= 11 is 0. The number of rotatable bonds is 1. The quantitative estimate of drug-likeness (QED) is 0.533. The molecule has 1 aromatic carbocycles. The molecule has 0 fully saturated rings. The first kappa shape index (κ1) is 13.5. The van der Waals surface area contributed by atoms with Crippen molar-refractivity contribution in [3.05, 3.63) is 42.5 Å². The molecule has 0 spiro atoms. The Morgan fingerprint density at radius 1 is 1.00 bits per heavy atom. The number of hydrogen-bond acceptors (Lipinski definition) is 0. The molecule has 0 saturated carbocycles. The molecule has 1 rings (SSSR count). The fourth-order valence-electron chi connectivity index (χ4n) is 0.589. The Morgan fingerprint density at radius 3 is 1.80 bits per heavy atom. The van der Waals surface area contributed by atoms with E-state index in [2.05, 4.69) is 6.58 Å². The maximum atomic E-state index is 3.63. The van der Waals surface area contributed by atoms with Gasteiger partial charge in [0, 0.05) is 59.1 Å². The summed E-state index contributed by atoms with van der Waals surface area (Å²) in [5, 5.41) is 0. The van der Waals surface area contributed by atoms with E-state index in [9.17, 15) is 0 Å². The molecular formula is C8H8Na2. The van der Waals surface area contributed by atoms with Crippen LogP contribution < -0.4 is 0 Å². The first-order chi connectivity index (χ1) is 3.93. The van der Waals surface area contributed by atoms with Crippen molar-refractivity contribution in [1.82, 2.24) is 0 Å². The zero-order chi connectivity index (χ0) is 5.82. The van der Waals surface area contributed by atoms with Crippen LogP contribution in [0.4, 0.5) is 0 Å². The van der Waals surface area contributed by atoms with Crippen LogP contribution in [0.25, 0.3) is 6.08 Å². The van der Waals surface area contributed by atoms with Gasteiger partial charge in [-0.15, -0.1) is 0 Å². The molecular weight excluding hydrogens is 142 g/mol. The first-order valence-corrected chi connectivity index (χ1v) is 2.61. The van der Waals surface area contributed by atoms with Crippen molar-refractivity contribution in [2.24, 2.45) is 0 Å². The Bertz CT molecular complexity index is 170. The smallest absolute Gasteiger partial charge is 0 e. The molecule has 0 atom stereocenters. The molecule has 0 heterocycles. The summed E-state index contributed by atoms with van der Waals surface area (Å²) in [4.78, 5) is 0. The van der Waals surface area contributed by atoms with E-state index in [4.69, 9.17) is 0 Å². The molecule has 2 radical (unpaired) electrons. The molecule has 0 nitrogen and oxygen atoms in total. The van der Waals surface area contributed by atoms with Crippen LogP contribution in [0.3, 0.4) is 0 Å². The molecule has 2 heteroatoms. The second kappa shape index (κ2) is 8.06. The van der Waals surface area contributed by atoms with Crippen molar-refractivity contribution < 1.29 is 0 Å². The van der Waals surface area contributed by atoms with E-state index in [1.807, 2.05) is 36.4 Å². The van der Waals surface area contributed by atoms with E-state index >= 15 is 0 Å². The Labute approximate surface area is 106 Å². The van der Waals surface area contributed by atoms with E-state index in [1.54, 1.807) is 0 Å². The van der Waals surface area contributed by atoms with Gasteiger partial charge in [0.2, 0.25) is 0 Å². The van der Waals surface area contributed by atoms with E-state index in [-0.39, 0.29) is 59.1 Å². The van der Waals surface area contributed by atoms with Gasteiger partial charge in [-0.05, 0) is 5.56 Å². The van der Waals surface area contributed by atoms with Crippen molar-refractivity contribution in [2.45, 2.75) is 0 Å². The molecule has 1 aromatic rings. The Hall–Kier alpha value is 0.960. The monoisotopic (exact) mass is 150 g/mol. The minimum Gasteiger partial charge on any atom is -0.0985 e.